The fraction of sp³-hybridized carbons (Fsp3) is 0.281. The summed E-state index contributed by atoms with van der Waals surface area (Å²) in [5.74, 6) is 0.188. The van der Waals surface area contributed by atoms with Gasteiger partial charge in [0.15, 0.2) is 5.75 Å². The maximum atomic E-state index is 13.9. The smallest absolute Gasteiger partial charge is 0.251 e. The number of pyridine rings is 2. The van der Waals surface area contributed by atoms with E-state index in [0.29, 0.717) is 39.5 Å². The van der Waals surface area contributed by atoms with E-state index < -0.39 is 11.1 Å². The maximum absolute atomic E-state index is 13.9. The zero-order valence-electron chi connectivity index (χ0n) is 23.6. The lowest BCUT2D eigenvalue weighted by Gasteiger charge is -2.30. The number of nitrogens with one attached hydrogen (secondary N) is 1. The molecule has 1 amide bonds. The van der Waals surface area contributed by atoms with Crippen LogP contribution in [-0.4, -0.2) is 56.0 Å². The number of carbonyl (C=O) groups excluding carboxylic acids is 1. The van der Waals surface area contributed by atoms with Gasteiger partial charge in [0.1, 0.15) is 53.2 Å². The molecule has 1 saturated carbocycles. The van der Waals surface area contributed by atoms with Crippen molar-refractivity contribution in [2.75, 3.05) is 20.3 Å². The number of hydrogen-bond acceptors (Lipinski definition) is 8. The summed E-state index contributed by atoms with van der Waals surface area (Å²) in [5, 5.41) is 24.0. The molecule has 1 aliphatic carbocycles. The molecule has 0 bridgehead atoms. The van der Waals surface area contributed by atoms with Crippen molar-refractivity contribution < 1.29 is 23.8 Å². The van der Waals surface area contributed by atoms with Gasteiger partial charge in [-0.3, -0.25) is 9.78 Å². The molecular weight excluding hydrogens is 551 g/mol. The van der Waals surface area contributed by atoms with Gasteiger partial charge >= 0.3 is 0 Å². The van der Waals surface area contributed by atoms with Gasteiger partial charge in [-0.05, 0) is 74.2 Å². The number of aromatic nitrogens is 5. The maximum Gasteiger partial charge on any atom is 0.251 e. The molecule has 1 aliphatic heterocycles. The topological polar surface area (TPSA) is 124 Å². The molecule has 10 nitrogen and oxygen atoms in total. The van der Waals surface area contributed by atoms with E-state index in [-0.39, 0.29) is 30.8 Å². The van der Waals surface area contributed by atoms with Gasteiger partial charge in [-0.2, -0.15) is 0 Å². The molecule has 5 aromatic rings. The Morgan fingerprint density at radius 1 is 1.19 bits per heavy atom. The van der Waals surface area contributed by atoms with Crippen LogP contribution < -0.4 is 14.8 Å². The largest absolute Gasteiger partial charge is 0.494 e. The van der Waals surface area contributed by atoms with E-state index in [9.17, 15) is 14.3 Å². The summed E-state index contributed by atoms with van der Waals surface area (Å²) in [7, 11) is 1.53. The van der Waals surface area contributed by atoms with E-state index in [4.69, 9.17) is 14.5 Å². The molecule has 43 heavy (non-hydrogen) atoms. The lowest BCUT2D eigenvalue weighted by atomic mass is 9.86. The van der Waals surface area contributed by atoms with Crippen molar-refractivity contribution in [2.45, 2.75) is 30.9 Å². The van der Waals surface area contributed by atoms with E-state index >= 15 is 0 Å². The molecule has 1 fully saturated rings. The van der Waals surface area contributed by atoms with E-state index in [1.807, 2.05) is 23.6 Å². The highest BCUT2D eigenvalue weighted by atomic mass is 19.1. The van der Waals surface area contributed by atoms with E-state index in [1.165, 1.54) is 19.2 Å². The van der Waals surface area contributed by atoms with Gasteiger partial charge < -0.3 is 24.5 Å². The molecule has 7 rings (SSSR count). The molecule has 0 saturated heterocycles. The molecular formula is C32H29FN6O4. The molecule has 0 unspecified atom stereocenters. The predicted octanol–water partition coefficient (Wildman–Crippen LogP) is 4.22. The predicted molar refractivity (Wildman–Crippen MR) is 155 cm³/mol. The number of ether oxygens (including phenoxy) is 2. The Bertz CT molecular complexity index is 1840. The standard InChI is InChI=1S/C32H29FN6O4/c1-31(39-17-36-37-18-39)16-43-29-24(31)14-26(38-28(29)19-5-9-23(33)10-6-19)32(41,22-7-8-22)15-35-30(40)21-12-20-4-3-11-34-27(20)25(13-21)42-2/h3-6,9-14,17-18,22,41H,7-8,15-16H2,1-2H3,(H,35,40)/t31-,32+/m0/s1. The summed E-state index contributed by atoms with van der Waals surface area (Å²) in [6, 6.07) is 14.9. The van der Waals surface area contributed by atoms with Crippen LogP contribution in [0.1, 0.15) is 41.4 Å². The first-order chi connectivity index (χ1) is 20.8. The molecule has 2 aromatic carbocycles. The molecule has 0 spiro atoms. The van der Waals surface area contributed by atoms with Crippen LogP contribution in [0.5, 0.6) is 11.5 Å². The molecule has 2 N–H and O–H groups in total. The van der Waals surface area contributed by atoms with Crippen LogP contribution >= 0.6 is 0 Å². The Labute approximate surface area is 246 Å². The first-order valence-electron chi connectivity index (χ1n) is 14.0. The quantitative estimate of drug-likeness (QED) is 0.280. The monoisotopic (exact) mass is 580 g/mol. The highest BCUT2D eigenvalue weighted by Gasteiger charge is 2.49. The van der Waals surface area contributed by atoms with Crippen LogP contribution in [0, 0.1) is 11.7 Å². The highest BCUT2D eigenvalue weighted by molar-refractivity contribution is 5.99. The summed E-state index contributed by atoms with van der Waals surface area (Å²) in [6.07, 6.45) is 6.48. The number of amides is 1. The van der Waals surface area contributed by atoms with Crippen LogP contribution in [0.25, 0.3) is 22.2 Å². The number of carbonyl (C=O) groups is 1. The van der Waals surface area contributed by atoms with E-state index in [1.54, 1.807) is 49.2 Å². The van der Waals surface area contributed by atoms with Gasteiger partial charge in [-0.15, -0.1) is 10.2 Å². The van der Waals surface area contributed by atoms with Crippen molar-refractivity contribution in [1.82, 2.24) is 30.0 Å². The van der Waals surface area contributed by atoms with Gasteiger partial charge in [0, 0.05) is 28.3 Å². The van der Waals surface area contributed by atoms with Crippen molar-refractivity contribution in [1.29, 1.82) is 0 Å². The lowest BCUT2D eigenvalue weighted by Crippen LogP contribution is -2.43. The summed E-state index contributed by atoms with van der Waals surface area (Å²) < 4.78 is 27.4. The Morgan fingerprint density at radius 2 is 1.95 bits per heavy atom. The Balaban J connectivity index is 1.29. The fourth-order valence-electron chi connectivity index (χ4n) is 5.83. The molecule has 0 radical (unpaired) electrons. The average molecular weight is 581 g/mol. The minimum absolute atomic E-state index is 0.0667. The lowest BCUT2D eigenvalue weighted by molar-refractivity contribution is 0.00945. The van der Waals surface area contributed by atoms with Crippen molar-refractivity contribution in [2.24, 2.45) is 5.92 Å². The summed E-state index contributed by atoms with van der Waals surface area (Å²) in [5.41, 5.74) is 1.20. The minimum atomic E-state index is -1.47. The number of fused-ring (bicyclic) bond motifs is 2. The molecule has 2 aliphatic rings. The van der Waals surface area contributed by atoms with Crippen molar-refractivity contribution in [3.05, 3.63) is 96.1 Å². The van der Waals surface area contributed by atoms with Gasteiger partial charge in [-0.25, -0.2) is 9.37 Å². The molecule has 218 valence electrons. The average Bonchev–Trinajstić information content (AvgIpc) is 3.64. The summed E-state index contributed by atoms with van der Waals surface area (Å²) in [4.78, 5) is 22.7. The Hall–Kier alpha value is -4.90. The molecule has 2 atom stereocenters. The van der Waals surface area contributed by atoms with Gasteiger partial charge in [-0.1, -0.05) is 6.07 Å². The first kappa shape index (κ1) is 27.0. The van der Waals surface area contributed by atoms with E-state index in [0.717, 1.165) is 23.8 Å². The van der Waals surface area contributed by atoms with Crippen LogP contribution in [0.3, 0.4) is 0 Å². The number of methoxy groups -OCH3 is 1. The number of rotatable bonds is 8. The van der Waals surface area contributed by atoms with Crippen LogP contribution in [-0.2, 0) is 11.1 Å². The van der Waals surface area contributed by atoms with Gasteiger partial charge in [0.05, 0.1) is 19.3 Å². The zero-order chi connectivity index (χ0) is 29.8. The Kier molecular flexibility index (Phi) is 6.35. The second-order valence-corrected chi connectivity index (χ2v) is 11.3. The van der Waals surface area contributed by atoms with Crippen molar-refractivity contribution in [3.63, 3.8) is 0 Å². The zero-order valence-corrected chi connectivity index (χ0v) is 23.6. The van der Waals surface area contributed by atoms with Crippen LogP contribution in [0.4, 0.5) is 4.39 Å². The minimum Gasteiger partial charge on any atom is -0.494 e. The highest BCUT2D eigenvalue weighted by Crippen LogP contribution is 2.50. The van der Waals surface area contributed by atoms with Gasteiger partial charge in [0.2, 0.25) is 0 Å². The second-order valence-electron chi connectivity index (χ2n) is 11.3. The number of hydrogen-bond donors (Lipinski definition) is 2. The van der Waals surface area contributed by atoms with Gasteiger partial charge in [0.25, 0.3) is 5.91 Å². The summed E-state index contributed by atoms with van der Waals surface area (Å²) in [6.45, 7) is 2.22. The third-order valence-corrected chi connectivity index (χ3v) is 8.52. The number of benzene rings is 2. The number of nitrogens with zero attached hydrogens (tertiary/aromatic N) is 5. The summed E-state index contributed by atoms with van der Waals surface area (Å²) >= 11 is 0. The molecule has 3 aromatic heterocycles. The first-order valence-corrected chi connectivity index (χ1v) is 14.0. The third-order valence-electron chi connectivity index (χ3n) is 8.52. The fourth-order valence-corrected chi connectivity index (χ4v) is 5.83. The molecule has 4 heterocycles. The second kappa shape index (κ2) is 10.1. The number of aliphatic hydroxyl groups is 1. The third kappa shape index (κ3) is 4.56. The Morgan fingerprint density at radius 3 is 2.67 bits per heavy atom. The van der Waals surface area contributed by atoms with Crippen LogP contribution in [0.15, 0.2) is 73.4 Å². The molecule has 11 heteroatoms. The SMILES string of the molecule is COc1cc(C(=O)NC[C@](O)(c2cc3c(c(-c4ccc(F)cc4)n2)OC[C@]3(C)n2cnnc2)C2CC2)cc2cccnc12. The van der Waals surface area contributed by atoms with E-state index in [2.05, 4.69) is 20.5 Å². The normalized spacial score (nSPS) is 19.0. The van der Waals surface area contributed by atoms with Crippen molar-refractivity contribution in [3.8, 4) is 22.8 Å². The van der Waals surface area contributed by atoms with Crippen molar-refractivity contribution >= 4 is 16.8 Å². The number of halogens is 1. The van der Waals surface area contributed by atoms with Crippen LogP contribution in [0.2, 0.25) is 0 Å².